The Hall–Kier alpha value is -1.79. The van der Waals surface area contributed by atoms with Crippen LogP contribution in [0.3, 0.4) is 0 Å². The number of likely N-dealkylation sites (tertiary alicyclic amines) is 1. The van der Waals surface area contributed by atoms with Crippen LogP contribution in [0, 0.1) is 0 Å². The number of amides is 1. The number of nitrogens with zero attached hydrogens (tertiary/aromatic N) is 1. The number of carboxylic acid groups (broad SMARTS) is 1. The number of nitrogens with two attached hydrogens (primary N) is 1. The van der Waals surface area contributed by atoms with Gasteiger partial charge in [0.05, 0.1) is 6.42 Å². The van der Waals surface area contributed by atoms with Crippen LogP contribution in [0.25, 0.3) is 0 Å². The first-order chi connectivity index (χ1) is 9.56. The molecule has 2 rings (SSSR count). The number of carboxylic acids is 1. The van der Waals surface area contributed by atoms with E-state index < -0.39 is 12.1 Å². The van der Waals surface area contributed by atoms with Gasteiger partial charge in [0.15, 0.2) is 0 Å². The molecular weight excluding hydrogens is 296 g/mol. The molecule has 7 heteroatoms. The summed E-state index contributed by atoms with van der Waals surface area (Å²) in [6, 6.07) is 8.75. The molecule has 1 aliphatic heterocycles. The minimum Gasteiger partial charge on any atom is -0.481 e. The van der Waals surface area contributed by atoms with Gasteiger partial charge < -0.3 is 20.5 Å². The lowest BCUT2D eigenvalue weighted by Crippen LogP contribution is -2.38. The van der Waals surface area contributed by atoms with Crippen molar-refractivity contribution in [3.63, 3.8) is 0 Å². The molecule has 1 aromatic rings. The van der Waals surface area contributed by atoms with Crippen molar-refractivity contribution < 1.29 is 19.4 Å². The maximum atomic E-state index is 12.0. The molecule has 1 aliphatic rings. The topological polar surface area (TPSA) is 92.9 Å². The summed E-state index contributed by atoms with van der Waals surface area (Å²) < 4.78 is 5.21. The largest absolute Gasteiger partial charge is 0.481 e. The van der Waals surface area contributed by atoms with E-state index in [2.05, 4.69) is 0 Å². The van der Waals surface area contributed by atoms with Crippen molar-refractivity contribution in [2.24, 2.45) is 5.73 Å². The molecule has 1 heterocycles. The van der Waals surface area contributed by atoms with Crippen LogP contribution in [0.4, 0.5) is 4.79 Å². The zero-order valence-electron chi connectivity index (χ0n) is 11.5. The summed E-state index contributed by atoms with van der Waals surface area (Å²) in [4.78, 5) is 24.2. The molecule has 0 spiro atoms. The Morgan fingerprint density at radius 3 is 2.62 bits per heavy atom. The molecule has 2 atom stereocenters. The van der Waals surface area contributed by atoms with E-state index in [4.69, 9.17) is 15.6 Å². The highest BCUT2D eigenvalue weighted by atomic mass is 35.5. The third-order valence-electron chi connectivity index (χ3n) is 3.30. The Morgan fingerprint density at radius 1 is 1.33 bits per heavy atom. The van der Waals surface area contributed by atoms with Gasteiger partial charge in [-0.05, 0) is 12.0 Å². The van der Waals surface area contributed by atoms with Crippen LogP contribution in [-0.4, -0.2) is 40.7 Å². The molecule has 116 valence electrons. The summed E-state index contributed by atoms with van der Waals surface area (Å²) >= 11 is 0. The van der Waals surface area contributed by atoms with Crippen LogP contribution in [0.15, 0.2) is 30.3 Å². The summed E-state index contributed by atoms with van der Waals surface area (Å²) in [5, 5.41) is 8.85. The highest BCUT2D eigenvalue weighted by molar-refractivity contribution is 5.85. The number of hydrogen-bond acceptors (Lipinski definition) is 4. The molecule has 0 saturated carbocycles. The van der Waals surface area contributed by atoms with Crippen LogP contribution < -0.4 is 5.73 Å². The van der Waals surface area contributed by atoms with E-state index in [0.29, 0.717) is 13.0 Å². The van der Waals surface area contributed by atoms with Gasteiger partial charge in [-0.2, -0.15) is 0 Å². The number of carbonyl (C=O) groups is 2. The van der Waals surface area contributed by atoms with E-state index in [9.17, 15) is 9.59 Å². The first kappa shape index (κ1) is 17.3. The number of ether oxygens (including phenoxy) is 1. The van der Waals surface area contributed by atoms with Gasteiger partial charge in [-0.3, -0.25) is 4.79 Å². The molecule has 1 aromatic carbocycles. The number of carbonyl (C=O) groups excluding carboxylic acids is 1. The highest BCUT2D eigenvalue weighted by Crippen LogP contribution is 2.21. The number of rotatable bonds is 4. The number of hydrogen-bond donors (Lipinski definition) is 2. The summed E-state index contributed by atoms with van der Waals surface area (Å²) in [6.07, 6.45) is -0.117. The minimum atomic E-state index is -0.940. The minimum absolute atomic E-state index is 0. The Bertz CT molecular complexity index is 483. The van der Waals surface area contributed by atoms with E-state index in [1.165, 1.54) is 4.90 Å². The Kier molecular flexibility index (Phi) is 6.45. The summed E-state index contributed by atoms with van der Waals surface area (Å²) in [7, 11) is 0. The SMILES string of the molecule is Cl.N[C@@H]1C[C@@H](CC(=O)O)N(C(=O)OCc2ccccc2)C1. The highest BCUT2D eigenvalue weighted by Gasteiger charge is 2.35. The van der Waals surface area contributed by atoms with Crippen molar-refractivity contribution in [1.82, 2.24) is 4.90 Å². The molecule has 6 nitrogen and oxygen atoms in total. The molecule has 0 aromatic heterocycles. The van der Waals surface area contributed by atoms with Crippen LogP contribution in [0.5, 0.6) is 0 Å². The van der Waals surface area contributed by atoms with Crippen molar-refractivity contribution >= 4 is 24.5 Å². The third kappa shape index (κ3) is 4.91. The van der Waals surface area contributed by atoms with Gasteiger partial charge in [0, 0.05) is 18.6 Å². The predicted molar refractivity (Wildman–Crippen MR) is 79.2 cm³/mol. The maximum absolute atomic E-state index is 12.0. The molecule has 3 N–H and O–H groups in total. The fraction of sp³-hybridized carbons (Fsp3) is 0.429. The average molecular weight is 315 g/mol. The van der Waals surface area contributed by atoms with E-state index in [0.717, 1.165) is 5.56 Å². The molecule has 1 fully saturated rings. The molecule has 0 aliphatic carbocycles. The van der Waals surface area contributed by atoms with Gasteiger partial charge >= 0.3 is 12.1 Å². The van der Waals surface area contributed by atoms with Crippen LogP contribution in [-0.2, 0) is 16.1 Å². The lowest BCUT2D eigenvalue weighted by Gasteiger charge is -2.22. The van der Waals surface area contributed by atoms with Gasteiger partial charge in [-0.1, -0.05) is 30.3 Å². The molecule has 0 unspecified atom stereocenters. The van der Waals surface area contributed by atoms with Crippen LogP contribution >= 0.6 is 12.4 Å². The average Bonchev–Trinajstić information content (AvgIpc) is 2.77. The van der Waals surface area contributed by atoms with E-state index >= 15 is 0 Å². The lowest BCUT2D eigenvalue weighted by atomic mass is 10.1. The molecule has 0 radical (unpaired) electrons. The van der Waals surface area contributed by atoms with Gasteiger partial charge in [0.1, 0.15) is 6.61 Å². The van der Waals surface area contributed by atoms with E-state index in [1.54, 1.807) is 0 Å². The van der Waals surface area contributed by atoms with Crippen molar-refractivity contribution in [2.75, 3.05) is 6.54 Å². The summed E-state index contributed by atoms with van der Waals surface area (Å²) in [5.41, 5.74) is 6.68. The fourth-order valence-electron chi connectivity index (χ4n) is 2.37. The van der Waals surface area contributed by atoms with Crippen LogP contribution in [0.1, 0.15) is 18.4 Å². The lowest BCUT2D eigenvalue weighted by molar-refractivity contribution is -0.138. The van der Waals surface area contributed by atoms with Crippen molar-refractivity contribution in [1.29, 1.82) is 0 Å². The number of aliphatic carboxylic acids is 1. The second-order valence-corrected chi connectivity index (χ2v) is 4.94. The first-order valence-corrected chi connectivity index (χ1v) is 6.51. The van der Waals surface area contributed by atoms with E-state index in [1.807, 2.05) is 30.3 Å². The third-order valence-corrected chi connectivity index (χ3v) is 3.30. The predicted octanol–water partition coefficient (Wildman–Crippen LogP) is 1.62. The van der Waals surface area contributed by atoms with Crippen molar-refractivity contribution in [3.05, 3.63) is 35.9 Å². The number of halogens is 1. The molecule has 1 saturated heterocycles. The Labute approximate surface area is 129 Å². The Balaban J connectivity index is 0.00000220. The Morgan fingerprint density at radius 2 is 2.00 bits per heavy atom. The van der Waals surface area contributed by atoms with E-state index in [-0.39, 0.29) is 37.5 Å². The van der Waals surface area contributed by atoms with Gasteiger partial charge in [-0.25, -0.2) is 4.79 Å². The van der Waals surface area contributed by atoms with Crippen molar-refractivity contribution in [3.8, 4) is 0 Å². The van der Waals surface area contributed by atoms with Gasteiger partial charge in [-0.15, -0.1) is 12.4 Å². The number of benzene rings is 1. The monoisotopic (exact) mass is 314 g/mol. The summed E-state index contributed by atoms with van der Waals surface area (Å²) in [5.74, 6) is -0.940. The maximum Gasteiger partial charge on any atom is 0.410 e. The summed E-state index contributed by atoms with van der Waals surface area (Å²) in [6.45, 7) is 0.511. The van der Waals surface area contributed by atoms with Gasteiger partial charge in [0.2, 0.25) is 0 Å². The zero-order chi connectivity index (χ0) is 14.5. The first-order valence-electron chi connectivity index (χ1n) is 6.51. The fourth-order valence-corrected chi connectivity index (χ4v) is 2.37. The zero-order valence-corrected chi connectivity index (χ0v) is 12.3. The second kappa shape index (κ2) is 7.85. The van der Waals surface area contributed by atoms with Gasteiger partial charge in [0.25, 0.3) is 0 Å². The molecule has 0 bridgehead atoms. The van der Waals surface area contributed by atoms with Crippen molar-refractivity contribution in [2.45, 2.75) is 31.5 Å². The molecular formula is C14H19ClN2O4. The molecule has 21 heavy (non-hydrogen) atoms. The molecule has 1 amide bonds. The quantitative estimate of drug-likeness (QED) is 0.881. The standard InChI is InChI=1S/C14H18N2O4.ClH/c15-11-6-12(7-13(17)18)16(8-11)14(19)20-9-10-4-2-1-3-5-10;/h1-5,11-12H,6-9,15H2,(H,17,18);1H/t11-,12+;/m1./s1. The second-order valence-electron chi connectivity index (χ2n) is 4.94. The normalized spacial score (nSPS) is 20.7. The smallest absolute Gasteiger partial charge is 0.410 e. The van der Waals surface area contributed by atoms with Crippen LogP contribution in [0.2, 0.25) is 0 Å².